The van der Waals surface area contributed by atoms with E-state index in [1.807, 2.05) is 6.07 Å². The molecule has 1 aliphatic heterocycles. The van der Waals surface area contributed by atoms with Gasteiger partial charge in [-0.2, -0.15) is 0 Å². The molecule has 1 aromatic rings. The van der Waals surface area contributed by atoms with Crippen molar-refractivity contribution in [3.8, 4) is 0 Å². The Morgan fingerprint density at radius 3 is 2.64 bits per heavy atom. The quantitative estimate of drug-likeness (QED) is 0.725. The number of nitrogens with zero attached hydrogens (tertiary/aromatic N) is 1. The zero-order valence-electron chi connectivity index (χ0n) is 7.88. The second-order valence-corrected chi connectivity index (χ2v) is 6.07. The summed E-state index contributed by atoms with van der Waals surface area (Å²) in [5, 5.41) is 0.387. The van der Waals surface area contributed by atoms with Crippen molar-refractivity contribution in [3.63, 3.8) is 0 Å². The SMILES string of the molecule is Clc1ccc(CN2CCC(Cl)CC2)s1. The van der Waals surface area contributed by atoms with Gasteiger partial charge in [-0.25, -0.2) is 0 Å². The zero-order chi connectivity index (χ0) is 9.97. The Morgan fingerprint density at radius 1 is 1.36 bits per heavy atom. The molecule has 0 radical (unpaired) electrons. The minimum atomic E-state index is 0.387. The molecule has 0 amide bonds. The van der Waals surface area contributed by atoms with E-state index in [0.717, 1.165) is 36.8 Å². The van der Waals surface area contributed by atoms with E-state index < -0.39 is 0 Å². The molecule has 1 saturated heterocycles. The molecule has 2 heterocycles. The van der Waals surface area contributed by atoms with Gasteiger partial charge in [-0.05, 0) is 38.1 Å². The van der Waals surface area contributed by atoms with E-state index in [4.69, 9.17) is 23.2 Å². The van der Waals surface area contributed by atoms with Crippen molar-refractivity contribution >= 4 is 34.5 Å². The largest absolute Gasteiger partial charge is 0.298 e. The lowest BCUT2D eigenvalue weighted by molar-refractivity contribution is 0.225. The van der Waals surface area contributed by atoms with Gasteiger partial charge in [0.2, 0.25) is 0 Å². The molecule has 1 aromatic heterocycles. The van der Waals surface area contributed by atoms with Gasteiger partial charge in [0.05, 0.1) is 4.34 Å². The molecule has 0 aliphatic carbocycles. The molecule has 0 aromatic carbocycles. The first-order valence-corrected chi connectivity index (χ1v) is 6.48. The summed E-state index contributed by atoms with van der Waals surface area (Å²) in [5.74, 6) is 0. The van der Waals surface area contributed by atoms with Crippen LogP contribution in [0.15, 0.2) is 12.1 Å². The van der Waals surface area contributed by atoms with E-state index in [1.165, 1.54) is 4.88 Å². The summed E-state index contributed by atoms with van der Waals surface area (Å²) in [6.07, 6.45) is 2.22. The standard InChI is InChI=1S/C10H13Cl2NS/c11-8-3-5-13(6-4-8)7-9-1-2-10(12)14-9/h1-2,8H,3-7H2. The van der Waals surface area contributed by atoms with Gasteiger partial charge in [0, 0.05) is 16.8 Å². The van der Waals surface area contributed by atoms with Crippen LogP contribution in [0.2, 0.25) is 4.34 Å². The summed E-state index contributed by atoms with van der Waals surface area (Å²) in [6, 6.07) is 4.08. The van der Waals surface area contributed by atoms with E-state index in [9.17, 15) is 0 Å². The molecule has 1 aliphatic rings. The average molecular weight is 250 g/mol. The van der Waals surface area contributed by atoms with Crippen LogP contribution in [0.3, 0.4) is 0 Å². The van der Waals surface area contributed by atoms with Crippen LogP contribution in [-0.4, -0.2) is 23.4 Å². The molecular formula is C10H13Cl2NS. The molecule has 78 valence electrons. The van der Waals surface area contributed by atoms with Gasteiger partial charge in [-0.15, -0.1) is 22.9 Å². The minimum absolute atomic E-state index is 0.387. The first kappa shape index (κ1) is 10.7. The van der Waals surface area contributed by atoms with Gasteiger partial charge in [0.1, 0.15) is 0 Å². The highest BCUT2D eigenvalue weighted by atomic mass is 35.5. The van der Waals surface area contributed by atoms with Crippen molar-refractivity contribution in [2.24, 2.45) is 0 Å². The average Bonchev–Trinajstić information content (AvgIpc) is 2.56. The van der Waals surface area contributed by atoms with E-state index in [0.29, 0.717) is 5.38 Å². The molecule has 0 bridgehead atoms. The molecule has 1 fully saturated rings. The van der Waals surface area contributed by atoms with Crippen LogP contribution in [0.25, 0.3) is 0 Å². The first-order valence-electron chi connectivity index (χ1n) is 4.84. The molecule has 0 atom stereocenters. The third kappa shape index (κ3) is 2.86. The normalized spacial score (nSPS) is 20.1. The Hall–Kier alpha value is 0.240. The van der Waals surface area contributed by atoms with Crippen LogP contribution in [0.1, 0.15) is 17.7 Å². The highest BCUT2D eigenvalue weighted by Gasteiger charge is 2.17. The Labute approximate surface area is 98.6 Å². The van der Waals surface area contributed by atoms with E-state index in [-0.39, 0.29) is 0 Å². The van der Waals surface area contributed by atoms with Crippen molar-refractivity contribution in [2.45, 2.75) is 24.8 Å². The number of halogens is 2. The summed E-state index contributed by atoms with van der Waals surface area (Å²) in [4.78, 5) is 3.80. The van der Waals surface area contributed by atoms with Gasteiger partial charge in [0.15, 0.2) is 0 Å². The van der Waals surface area contributed by atoms with Crippen LogP contribution >= 0.6 is 34.5 Å². The predicted octanol–water partition coefficient (Wildman–Crippen LogP) is 3.60. The lowest BCUT2D eigenvalue weighted by atomic mass is 10.1. The molecule has 0 N–H and O–H groups in total. The first-order chi connectivity index (χ1) is 6.74. The summed E-state index contributed by atoms with van der Waals surface area (Å²) in [6.45, 7) is 3.26. The Bertz CT molecular complexity index is 292. The summed E-state index contributed by atoms with van der Waals surface area (Å²) in [7, 11) is 0. The van der Waals surface area contributed by atoms with E-state index in [2.05, 4.69) is 11.0 Å². The molecule has 1 nitrogen and oxygen atoms in total. The fourth-order valence-corrected chi connectivity index (χ4v) is 3.04. The van der Waals surface area contributed by atoms with Crippen LogP contribution in [0, 0.1) is 0 Å². The molecule has 2 rings (SSSR count). The fraction of sp³-hybridized carbons (Fsp3) is 0.600. The van der Waals surface area contributed by atoms with Crippen molar-refractivity contribution in [1.82, 2.24) is 4.90 Å². The molecule has 0 unspecified atom stereocenters. The van der Waals surface area contributed by atoms with E-state index >= 15 is 0 Å². The number of thiophene rings is 1. The van der Waals surface area contributed by atoms with Gasteiger partial charge < -0.3 is 0 Å². The van der Waals surface area contributed by atoms with Crippen molar-refractivity contribution in [2.75, 3.05) is 13.1 Å². The number of piperidine rings is 1. The summed E-state index contributed by atoms with van der Waals surface area (Å²) < 4.78 is 0.882. The maximum atomic E-state index is 6.04. The smallest absolute Gasteiger partial charge is 0.0931 e. The topological polar surface area (TPSA) is 3.24 Å². The summed E-state index contributed by atoms with van der Waals surface area (Å²) in [5.41, 5.74) is 0. The molecule has 0 spiro atoms. The van der Waals surface area contributed by atoms with Gasteiger partial charge in [-0.1, -0.05) is 11.6 Å². The Morgan fingerprint density at radius 2 is 2.07 bits per heavy atom. The highest BCUT2D eigenvalue weighted by Crippen LogP contribution is 2.24. The monoisotopic (exact) mass is 249 g/mol. The Balaban J connectivity index is 1.86. The minimum Gasteiger partial charge on any atom is -0.298 e. The second kappa shape index (κ2) is 4.84. The second-order valence-electron chi connectivity index (χ2n) is 3.66. The van der Waals surface area contributed by atoms with Gasteiger partial charge in [-0.3, -0.25) is 4.90 Å². The lowest BCUT2D eigenvalue weighted by Crippen LogP contribution is -2.33. The fourth-order valence-electron chi connectivity index (χ4n) is 1.72. The highest BCUT2D eigenvalue weighted by molar-refractivity contribution is 7.16. The van der Waals surface area contributed by atoms with Crippen molar-refractivity contribution in [1.29, 1.82) is 0 Å². The number of hydrogen-bond donors (Lipinski definition) is 0. The van der Waals surface area contributed by atoms with Crippen LogP contribution in [0.5, 0.6) is 0 Å². The number of rotatable bonds is 2. The maximum absolute atomic E-state index is 6.04. The number of alkyl halides is 1. The third-order valence-electron chi connectivity index (χ3n) is 2.53. The van der Waals surface area contributed by atoms with Crippen molar-refractivity contribution in [3.05, 3.63) is 21.3 Å². The van der Waals surface area contributed by atoms with Crippen LogP contribution in [-0.2, 0) is 6.54 Å². The number of hydrogen-bond acceptors (Lipinski definition) is 2. The maximum Gasteiger partial charge on any atom is 0.0931 e. The van der Waals surface area contributed by atoms with Gasteiger partial charge >= 0.3 is 0 Å². The Kier molecular flexibility index (Phi) is 3.72. The number of likely N-dealkylation sites (tertiary alicyclic amines) is 1. The third-order valence-corrected chi connectivity index (χ3v) is 4.18. The van der Waals surface area contributed by atoms with Gasteiger partial charge in [0.25, 0.3) is 0 Å². The van der Waals surface area contributed by atoms with Crippen molar-refractivity contribution < 1.29 is 0 Å². The zero-order valence-corrected chi connectivity index (χ0v) is 10.2. The summed E-state index contributed by atoms with van der Waals surface area (Å²) >= 11 is 13.6. The molecular weight excluding hydrogens is 237 g/mol. The molecule has 14 heavy (non-hydrogen) atoms. The lowest BCUT2D eigenvalue weighted by Gasteiger charge is -2.28. The van der Waals surface area contributed by atoms with Crippen LogP contribution < -0.4 is 0 Å². The van der Waals surface area contributed by atoms with Crippen LogP contribution in [0.4, 0.5) is 0 Å². The predicted molar refractivity (Wildman–Crippen MR) is 63.5 cm³/mol. The van der Waals surface area contributed by atoms with E-state index in [1.54, 1.807) is 11.3 Å². The molecule has 0 saturated carbocycles. The molecule has 4 heteroatoms.